The van der Waals surface area contributed by atoms with Crippen LogP contribution < -0.4 is 11.1 Å². The average Bonchev–Trinajstić information content (AvgIpc) is 2.36. The summed E-state index contributed by atoms with van der Waals surface area (Å²) in [5.74, 6) is -1.05. The van der Waals surface area contributed by atoms with Crippen LogP contribution in [0.3, 0.4) is 0 Å². The van der Waals surface area contributed by atoms with Crippen LogP contribution in [0.4, 0.5) is 17.1 Å². The number of halogens is 2. The Hall–Kier alpha value is -1.72. The lowest BCUT2D eigenvalue weighted by Crippen LogP contribution is -2.06. The van der Waals surface area contributed by atoms with Gasteiger partial charge in [0.25, 0.3) is 0 Å². The van der Waals surface area contributed by atoms with Crippen LogP contribution in [0.2, 0.25) is 5.02 Å². The maximum atomic E-state index is 11.2. The predicted molar refractivity (Wildman–Crippen MR) is 80.2 cm³/mol. The van der Waals surface area contributed by atoms with Gasteiger partial charge in [-0.1, -0.05) is 23.7 Å². The van der Waals surface area contributed by atoms with Gasteiger partial charge in [0.2, 0.25) is 0 Å². The van der Waals surface area contributed by atoms with Crippen LogP contribution in [0.5, 0.6) is 0 Å². The zero-order valence-corrected chi connectivity index (χ0v) is 12.0. The van der Waals surface area contributed by atoms with Gasteiger partial charge in [-0.2, -0.15) is 0 Å². The Morgan fingerprint density at radius 2 is 1.95 bits per heavy atom. The van der Waals surface area contributed by atoms with E-state index in [1.54, 1.807) is 30.3 Å². The maximum Gasteiger partial charge on any atom is 0.337 e. The highest BCUT2D eigenvalue weighted by Gasteiger charge is 2.14. The summed E-state index contributed by atoms with van der Waals surface area (Å²) in [6.45, 7) is 0. The molecule has 0 aromatic heterocycles. The molecule has 0 fully saturated rings. The van der Waals surface area contributed by atoms with Crippen LogP contribution in [0.1, 0.15) is 10.4 Å². The van der Waals surface area contributed by atoms with Crippen LogP contribution in [-0.4, -0.2) is 11.1 Å². The van der Waals surface area contributed by atoms with Crippen LogP contribution in [0, 0.1) is 0 Å². The number of nitrogens with one attached hydrogen (secondary N) is 1. The largest absolute Gasteiger partial charge is 0.478 e. The SMILES string of the molecule is Nc1cccc(C(=O)O)c1Nc1cccc(Cl)c1Br. The molecule has 98 valence electrons. The molecule has 0 aliphatic rings. The fourth-order valence-corrected chi connectivity index (χ4v) is 2.16. The van der Waals surface area contributed by atoms with Crippen molar-refractivity contribution in [3.05, 3.63) is 51.5 Å². The van der Waals surface area contributed by atoms with Crippen molar-refractivity contribution in [3.63, 3.8) is 0 Å². The minimum absolute atomic E-state index is 0.104. The molecule has 0 atom stereocenters. The number of para-hydroxylation sites is 1. The Balaban J connectivity index is 2.49. The first kappa shape index (κ1) is 13.7. The van der Waals surface area contributed by atoms with Gasteiger partial charge in [-0.25, -0.2) is 4.79 Å². The quantitative estimate of drug-likeness (QED) is 0.734. The van der Waals surface area contributed by atoms with Gasteiger partial charge in [-0.15, -0.1) is 0 Å². The number of nitrogen functional groups attached to an aromatic ring is 1. The third-order valence-corrected chi connectivity index (χ3v) is 3.94. The molecule has 2 aromatic carbocycles. The molecule has 4 nitrogen and oxygen atoms in total. The Morgan fingerprint density at radius 1 is 1.26 bits per heavy atom. The second kappa shape index (κ2) is 5.50. The van der Waals surface area contributed by atoms with E-state index in [4.69, 9.17) is 22.4 Å². The molecule has 0 unspecified atom stereocenters. The topological polar surface area (TPSA) is 75.4 Å². The number of aromatic carboxylic acids is 1. The second-order valence-electron chi connectivity index (χ2n) is 3.80. The van der Waals surface area contributed by atoms with Crippen LogP contribution >= 0.6 is 27.5 Å². The number of anilines is 3. The van der Waals surface area contributed by atoms with E-state index in [0.29, 0.717) is 26.6 Å². The summed E-state index contributed by atoms with van der Waals surface area (Å²) in [6.07, 6.45) is 0. The van der Waals surface area contributed by atoms with E-state index in [1.165, 1.54) is 6.07 Å². The summed E-state index contributed by atoms with van der Waals surface area (Å²) in [7, 11) is 0. The lowest BCUT2D eigenvalue weighted by molar-refractivity contribution is 0.0698. The molecule has 0 bridgehead atoms. The normalized spacial score (nSPS) is 10.2. The average molecular weight is 342 g/mol. The van der Waals surface area contributed by atoms with Crippen molar-refractivity contribution in [2.24, 2.45) is 0 Å². The number of carbonyl (C=O) groups is 1. The van der Waals surface area contributed by atoms with E-state index >= 15 is 0 Å². The Bertz CT molecular complexity index is 647. The van der Waals surface area contributed by atoms with Gasteiger partial charge >= 0.3 is 5.97 Å². The van der Waals surface area contributed by atoms with Crippen LogP contribution in [-0.2, 0) is 0 Å². The van der Waals surface area contributed by atoms with Crippen molar-refractivity contribution in [1.29, 1.82) is 0 Å². The standard InChI is InChI=1S/C13H10BrClN2O2/c14-11-8(15)4-2-6-10(11)17-12-7(13(18)19)3-1-5-9(12)16/h1-6,17H,16H2,(H,18,19). The maximum absolute atomic E-state index is 11.2. The molecule has 0 amide bonds. The monoisotopic (exact) mass is 340 g/mol. The lowest BCUT2D eigenvalue weighted by atomic mass is 10.1. The first-order chi connectivity index (χ1) is 9.00. The van der Waals surface area contributed by atoms with E-state index in [1.807, 2.05) is 0 Å². The highest BCUT2D eigenvalue weighted by Crippen LogP contribution is 2.34. The van der Waals surface area contributed by atoms with Crippen LogP contribution in [0.25, 0.3) is 0 Å². The third-order valence-electron chi connectivity index (χ3n) is 2.54. The zero-order chi connectivity index (χ0) is 14.0. The van der Waals surface area contributed by atoms with Crippen molar-refractivity contribution >= 4 is 50.6 Å². The molecule has 6 heteroatoms. The van der Waals surface area contributed by atoms with Crippen molar-refractivity contribution in [1.82, 2.24) is 0 Å². The number of nitrogens with two attached hydrogens (primary N) is 1. The van der Waals surface area contributed by atoms with Gasteiger partial charge in [0.15, 0.2) is 0 Å². The molecule has 0 radical (unpaired) electrons. The molecule has 0 saturated heterocycles. The van der Waals surface area contributed by atoms with Crippen molar-refractivity contribution in [2.45, 2.75) is 0 Å². The summed E-state index contributed by atoms with van der Waals surface area (Å²) in [5, 5.41) is 12.7. The zero-order valence-electron chi connectivity index (χ0n) is 9.65. The molecule has 0 aliphatic heterocycles. The van der Waals surface area contributed by atoms with E-state index in [-0.39, 0.29) is 5.56 Å². The lowest BCUT2D eigenvalue weighted by Gasteiger charge is -2.14. The summed E-state index contributed by atoms with van der Waals surface area (Å²) in [5.41, 5.74) is 7.27. The molecule has 0 heterocycles. The second-order valence-corrected chi connectivity index (χ2v) is 5.00. The fourth-order valence-electron chi connectivity index (χ4n) is 1.62. The number of carboxylic acid groups (broad SMARTS) is 1. The van der Waals surface area contributed by atoms with Gasteiger partial charge in [-0.3, -0.25) is 0 Å². The number of hydrogen-bond donors (Lipinski definition) is 3. The molecule has 0 saturated carbocycles. The first-order valence-corrected chi connectivity index (χ1v) is 6.50. The number of carboxylic acids is 1. The van der Waals surface area contributed by atoms with E-state index in [0.717, 1.165) is 0 Å². The summed E-state index contributed by atoms with van der Waals surface area (Å²) in [4.78, 5) is 11.2. The van der Waals surface area contributed by atoms with Gasteiger partial charge in [0, 0.05) is 0 Å². The predicted octanol–water partition coefficient (Wildman–Crippen LogP) is 4.13. The molecular formula is C13H10BrClN2O2. The number of benzene rings is 2. The Morgan fingerprint density at radius 3 is 2.63 bits per heavy atom. The van der Waals surface area contributed by atoms with E-state index in [9.17, 15) is 4.79 Å². The number of hydrogen-bond acceptors (Lipinski definition) is 3. The molecule has 2 rings (SSSR count). The highest BCUT2D eigenvalue weighted by atomic mass is 79.9. The molecule has 0 aliphatic carbocycles. The minimum atomic E-state index is -1.05. The van der Waals surface area contributed by atoms with E-state index in [2.05, 4.69) is 21.2 Å². The molecular weight excluding hydrogens is 332 g/mol. The van der Waals surface area contributed by atoms with E-state index < -0.39 is 5.97 Å². The smallest absolute Gasteiger partial charge is 0.337 e. The third kappa shape index (κ3) is 2.83. The summed E-state index contributed by atoms with van der Waals surface area (Å²) in [6, 6.07) is 9.97. The fraction of sp³-hybridized carbons (Fsp3) is 0. The van der Waals surface area contributed by atoms with Crippen molar-refractivity contribution < 1.29 is 9.90 Å². The first-order valence-electron chi connectivity index (χ1n) is 5.33. The summed E-state index contributed by atoms with van der Waals surface area (Å²) >= 11 is 9.33. The Labute approximate surface area is 123 Å². The number of rotatable bonds is 3. The molecule has 0 spiro atoms. The molecule has 19 heavy (non-hydrogen) atoms. The molecule has 2 aromatic rings. The van der Waals surface area contributed by atoms with Crippen LogP contribution in [0.15, 0.2) is 40.9 Å². The van der Waals surface area contributed by atoms with Crippen molar-refractivity contribution in [3.8, 4) is 0 Å². The Kier molecular flexibility index (Phi) is 3.97. The van der Waals surface area contributed by atoms with Crippen molar-refractivity contribution in [2.75, 3.05) is 11.1 Å². The van der Waals surface area contributed by atoms with Gasteiger partial charge < -0.3 is 16.2 Å². The van der Waals surface area contributed by atoms with Gasteiger partial charge in [0.1, 0.15) is 0 Å². The highest BCUT2D eigenvalue weighted by molar-refractivity contribution is 9.10. The van der Waals surface area contributed by atoms with Gasteiger partial charge in [0.05, 0.1) is 32.1 Å². The van der Waals surface area contributed by atoms with Gasteiger partial charge in [-0.05, 0) is 40.2 Å². The summed E-state index contributed by atoms with van der Waals surface area (Å²) < 4.78 is 0.649. The molecule has 4 N–H and O–H groups in total. The minimum Gasteiger partial charge on any atom is -0.478 e.